The predicted molar refractivity (Wildman–Crippen MR) is 76.9 cm³/mol. The molecule has 0 bridgehead atoms. The third-order valence-corrected chi connectivity index (χ3v) is 4.10. The van der Waals surface area contributed by atoms with Crippen molar-refractivity contribution in [2.45, 2.75) is 12.3 Å². The Balaban J connectivity index is 2.23. The number of hydrogen-bond donors (Lipinski definition) is 2. The molecule has 0 aliphatic heterocycles. The molecular weight excluding hydrogens is 298 g/mol. The Hall–Kier alpha value is -1.99. The molecule has 2 rings (SSSR count). The molecule has 0 aliphatic carbocycles. The van der Waals surface area contributed by atoms with E-state index in [0.717, 1.165) is 12.1 Å². The first-order valence-corrected chi connectivity index (χ1v) is 7.79. The van der Waals surface area contributed by atoms with Crippen LogP contribution in [0.5, 0.6) is 0 Å². The number of hydrogen-bond acceptors (Lipinski definition) is 3. The Kier molecular flexibility index (Phi) is 4.54. The van der Waals surface area contributed by atoms with E-state index in [4.69, 9.17) is 5.73 Å². The van der Waals surface area contributed by atoms with Gasteiger partial charge in [-0.05, 0) is 23.3 Å². The molecule has 112 valence electrons. The molecule has 0 saturated carbocycles. The van der Waals surface area contributed by atoms with E-state index in [1.54, 1.807) is 24.3 Å². The summed E-state index contributed by atoms with van der Waals surface area (Å²) >= 11 is 0. The van der Waals surface area contributed by atoms with Crippen molar-refractivity contribution in [3.05, 3.63) is 65.2 Å². The van der Waals surface area contributed by atoms with Gasteiger partial charge in [-0.2, -0.15) is 0 Å². The van der Waals surface area contributed by atoms with Gasteiger partial charge < -0.3 is 5.73 Å². The van der Waals surface area contributed by atoms with Crippen LogP contribution in [0.3, 0.4) is 0 Å². The lowest BCUT2D eigenvalue weighted by Crippen LogP contribution is -2.17. The van der Waals surface area contributed by atoms with Crippen LogP contribution in [0.4, 0.5) is 14.5 Å². The van der Waals surface area contributed by atoms with E-state index in [1.807, 2.05) is 0 Å². The lowest BCUT2D eigenvalue weighted by Gasteiger charge is -2.11. The molecule has 2 aromatic rings. The maximum Gasteiger partial charge on any atom is 0.237 e. The zero-order valence-corrected chi connectivity index (χ0v) is 11.8. The van der Waals surface area contributed by atoms with Crippen LogP contribution in [0.2, 0.25) is 0 Å². The van der Waals surface area contributed by atoms with Crippen molar-refractivity contribution in [2.24, 2.45) is 5.73 Å². The zero-order chi connectivity index (χ0) is 15.5. The molecule has 0 fully saturated rings. The van der Waals surface area contributed by atoms with Crippen molar-refractivity contribution in [3.63, 3.8) is 0 Å². The molecule has 0 saturated heterocycles. The van der Waals surface area contributed by atoms with Crippen molar-refractivity contribution < 1.29 is 17.2 Å². The van der Waals surface area contributed by atoms with Crippen LogP contribution in [0.25, 0.3) is 0 Å². The minimum Gasteiger partial charge on any atom is -0.326 e. The van der Waals surface area contributed by atoms with Gasteiger partial charge in [0.25, 0.3) is 0 Å². The average Bonchev–Trinajstić information content (AvgIpc) is 2.42. The molecule has 0 heterocycles. The Morgan fingerprint density at radius 1 is 1.05 bits per heavy atom. The van der Waals surface area contributed by atoms with E-state index < -0.39 is 21.7 Å². The Labute approximate surface area is 121 Å². The monoisotopic (exact) mass is 312 g/mol. The van der Waals surface area contributed by atoms with Crippen LogP contribution in [0.1, 0.15) is 11.1 Å². The highest BCUT2D eigenvalue weighted by Crippen LogP contribution is 2.19. The second-order valence-corrected chi connectivity index (χ2v) is 6.18. The molecule has 3 N–H and O–H groups in total. The summed E-state index contributed by atoms with van der Waals surface area (Å²) in [6, 6.07) is 9.46. The van der Waals surface area contributed by atoms with Gasteiger partial charge in [-0.15, -0.1) is 0 Å². The molecule has 0 unspecified atom stereocenters. The van der Waals surface area contributed by atoms with Crippen LogP contribution >= 0.6 is 0 Å². The first kappa shape index (κ1) is 15.4. The van der Waals surface area contributed by atoms with Gasteiger partial charge in [-0.25, -0.2) is 17.2 Å². The lowest BCUT2D eigenvalue weighted by atomic mass is 10.1. The van der Waals surface area contributed by atoms with E-state index in [9.17, 15) is 17.2 Å². The van der Waals surface area contributed by atoms with Gasteiger partial charge in [-0.3, -0.25) is 4.72 Å². The maximum atomic E-state index is 13.5. The quantitative estimate of drug-likeness (QED) is 0.890. The fraction of sp³-hybridized carbons (Fsp3) is 0.143. The molecule has 7 heteroatoms. The van der Waals surface area contributed by atoms with Crippen LogP contribution in [0.15, 0.2) is 42.5 Å². The number of sulfonamides is 1. The molecule has 0 aliphatic rings. The van der Waals surface area contributed by atoms with Crippen LogP contribution in [0, 0.1) is 11.6 Å². The number of rotatable bonds is 5. The Morgan fingerprint density at radius 3 is 2.33 bits per heavy atom. The average molecular weight is 312 g/mol. The van der Waals surface area contributed by atoms with Crippen molar-refractivity contribution >= 4 is 15.7 Å². The molecule has 0 radical (unpaired) electrons. The molecule has 2 aromatic carbocycles. The van der Waals surface area contributed by atoms with E-state index in [0.29, 0.717) is 17.2 Å². The lowest BCUT2D eigenvalue weighted by molar-refractivity contribution is 0.582. The topological polar surface area (TPSA) is 72.2 Å². The summed E-state index contributed by atoms with van der Waals surface area (Å²) in [4.78, 5) is 0. The number of anilines is 1. The maximum absolute atomic E-state index is 13.5. The van der Waals surface area contributed by atoms with Gasteiger partial charge in [0.1, 0.15) is 11.6 Å². The van der Waals surface area contributed by atoms with Crippen molar-refractivity contribution in [1.82, 2.24) is 0 Å². The highest BCUT2D eigenvalue weighted by Gasteiger charge is 2.16. The van der Waals surface area contributed by atoms with Crippen LogP contribution in [-0.2, 0) is 22.3 Å². The largest absolute Gasteiger partial charge is 0.326 e. The van der Waals surface area contributed by atoms with Crippen LogP contribution in [-0.4, -0.2) is 8.42 Å². The summed E-state index contributed by atoms with van der Waals surface area (Å²) in [5.41, 5.74) is 6.49. The highest BCUT2D eigenvalue weighted by atomic mass is 32.2. The minimum absolute atomic E-state index is 0.205. The number of nitrogens with two attached hydrogens (primary N) is 1. The van der Waals surface area contributed by atoms with E-state index in [1.165, 1.54) is 0 Å². The molecular formula is C14H14F2N2O2S. The standard InChI is InChI=1S/C14H14F2N2O2S/c15-12-5-6-14(13(16)7-12)18-21(19,20)9-11-4-2-1-3-10(11)8-17/h1-7,18H,8-9,17H2. The van der Waals surface area contributed by atoms with Gasteiger partial charge in [0.15, 0.2) is 0 Å². The highest BCUT2D eigenvalue weighted by molar-refractivity contribution is 7.91. The van der Waals surface area contributed by atoms with Gasteiger partial charge in [0, 0.05) is 12.6 Å². The van der Waals surface area contributed by atoms with E-state index in [2.05, 4.69) is 4.72 Å². The summed E-state index contributed by atoms with van der Waals surface area (Å²) in [6.45, 7) is 0.205. The first-order chi connectivity index (χ1) is 9.91. The number of nitrogens with one attached hydrogen (secondary N) is 1. The summed E-state index contributed by atoms with van der Waals surface area (Å²) in [7, 11) is -3.82. The second kappa shape index (κ2) is 6.19. The fourth-order valence-electron chi connectivity index (χ4n) is 1.88. The van der Waals surface area contributed by atoms with Gasteiger partial charge >= 0.3 is 0 Å². The first-order valence-electron chi connectivity index (χ1n) is 6.13. The number of halogens is 2. The Bertz CT molecular complexity index is 748. The second-order valence-electron chi connectivity index (χ2n) is 4.46. The van der Waals surface area contributed by atoms with E-state index >= 15 is 0 Å². The third-order valence-electron chi connectivity index (χ3n) is 2.88. The van der Waals surface area contributed by atoms with Gasteiger partial charge in [0.2, 0.25) is 10.0 Å². The van der Waals surface area contributed by atoms with Crippen molar-refractivity contribution in [1.29, 1.82) is 0 Å². The summed E-state index contributed by atoms with van der Waals surface area (Å²) in [5.74, 6) is -2.08. The molecule has 0 atom stereocenters. The Morgan fingerprint density at radius 2 is 1.71 bits per heavy atom. The SMILES string of the molecule is NCc1ccccc1CS(=O)(=O)Nc1ccc(F)cc1F. The molecule has 21 heavy (non-hydrogen) atoms. The molecule has 0 amide bonds. The zero-order valence-electron chi connectivity index (χ0n) is 11.0. The minimum atomic E-state index is -3.82. The summed E-state index contributed by atoms with van der Waals surface area (Å²) < 4.78 is 52.5. The third kappa shape index (κ3) is 3.99. The smallest absolute Gasteiger partial charge is 0.237 e. The van der Waals surface area contributed by atoms with Crippen LogP contribution < -0.4 is 10.5 Å². The van der Waals surface area contributed by atoms with E-state index in [-0.39, 0.29) is 18.0 Å². The number of benzene rings is 2. The molecule has 0 aromatic heterocycles. The fourth-order valence-corrected chi connectivity index (χ4v) is 3.14. The summed E-state index contributed by atoms with van der Waals surface area (Å²) in [6.07, 6.45) is 0. The predicted octanol–water partition coefficient (Wildman–Crippen LogP) is 2.37. The van der Waals surface area contributed by atoms with Crippen molar-refractivity contribution in [3.8, 4) is 0 Å². The molecule has 0 spiro atoms. The van der Waals surface area contributed by atoms with Gasteiger partial charge in [-0.1, -0.05) is 24.3 Å². The van der Waals surface area contributed by atoms with Crippen molar-refractivity contribution in [2.75, 3.05) is 4.72 Å². The van der Waals surface area contributed by atoms with Gasteiger partial charge in [0.05, 0.1) is 11.4 Å². The molecule has 4 nitrogen and oxygen atoms in total. The summed E-state index contributed by atoms with van der Waals surface area (Å²) in [5, 5.41) is 0. The normalized spacial score (nSPS) is 11.4.